The number of ether oxygens (including phenoxy) is 1. The monoisotopic (exact) mass is 353 g/mol. The highest BCUT2D eigenvalue weighted by molar-refractivity contribution is 5.91. The number of nitrogens with zero attached hydrogens (tertiary/aromatic N) is 3. The van der Waals surface area contributed by atoms with Gasteiger partial charge in [0.15, 0.2) is 12.3 Å². The normalized spacial score (nSPS) is 10.5. The summed E-state index contributed by atoms with van der Waals surface area (Å²) in [5.74, 6) is -1.43. The van der Waals surface area contributed by atoms with E-state index >= 15 is 0 Å². The minimum absolute atomic E-state index is 0.0395. The van der Waals surface area contributed by atoms with Crippen LogP contribution < -0.4 is 0 Å². The van der Waals surface area contributed by atoms with Crippen molar-refractivity contribution in [2.45, 2.75) is 6.54 Å². The van der Waals surface area contributed by atoms with Gasteiger partial charge in [-0.1, -0.05) is 24.3 Å². The maximum Gasteiger partial charge on any atom is 0.359 e. The van der Waals surface area contributed by atoms with E-state index in [2.05, 4.69) is 9.97 Å². The molecular weight excluding hydrogens is 337 g/mol. The zero-order chi connectivity index (χ0) is 18.5. The Bertz CT molecular complexity index is 944. The molecule has 0 N–H and O–H groups in total. The average Bonchev–Trinajstić information content (AvgIpc) is 2.67. The van der Waals surface area contributed by atoms with Crippen LogP contribution in [0, 0.1) is 5.82 Å². The van der Waals surface area contributed by atoms with Crippen LogP contribution in [0.4, 0.5) is 4.39 Å². The van der Waals surface area contributed by atoms with E-state index in [9.17, 15) is 14.0 Å². The topological polar surface area (TPSA) is 72.4 Å². The lowest BCUT2D eigenvalue weighted by molar-refractivity contribution is -0.133. The first-order valence-electron chi connectivity index (χ1n) is 7.90. The second-order valence-corrected chi connectivity index (χ2v) is 5.70. The lowest BCUT2D eigenvalue weighted by Crippen LogP contribution is -2.31. The van der Waals surface area contributed by atoms with Crippen LogP contribution in [0.1, 0.15) is 16.1 Å². The first kappa shape index (κ1) is 17.5. The average molecular weight is 353 g/mol. The Morgan fingerprint density at radius 1 is 1.08 bits per heavy atom. The third-order valence-corrected chi connectivity index (χ3v) is 3.74. The van der Waals surface area contributed by atoms with E-state index in [1.807, 2.05) is 6.07 Å². The van der Waals surface area contributed by atoms with Gasteiger partial charge >= 0.3 is 5.97 Å². The van der Waals surface area contributed by atoms with E-state index in [1.165, 1.54) is 23.2 Å². The van der Waals surface area contributed by atoms with E-state index in [1.54, 1.807) is 37.4 Å². The predicted molar refractivity (Wildman–Crippen MR) is 92.7 cm³/mol. The number of carbonyl (C=O) groups is 2. The molecule has 2 aromatic carbocycles. The third-order valence-electron chi connectivity index (χ3n) is 3.74. The highest BCUT2D eigenvalue weighted by Gasteiger charge is 2.15. The van der Waals surface area contributed by atoms with Crippen LogP contribution >= 0.6 is 0 Å². The molecule has 0 saturated heterocycles. The number of amides is 1. The van der Waals surface area contributed by atoms with Crippen molar-refractivity contribution >= 4 is 22.9 Å². The lowest BCUT2D eigenvalue weighted by Gasteiger charge is -2.17. The summed E-state index contributed by atoms with van der Waals surface area (Å²) in [5, 5.41) is 0. The van der Waals surface area contributed by atoms with E-state index in [0.717, 1.165) is 5.56 Å². The van der Waals surface area contributed by atoms with Crippen LogP contribution in [0.3, 0.4) is 0 Å². The van der Waals surface area contributed by atoms with Crippen LogP contribution in [0.25, 0.3) is 11.0 Å². The largest absolute Gasteiger partial charge is 0.451 e. The quantitative estimate of drug-likeness (QED) is 0.659. The van der Waals surface area contributed by atoms with E-state index in [4.69, 9.17) is 4.74 Å². The molecule has 0 aliphatic rings. The number of fused-ring (bicyclic) bond motifs is 1. The molecule has 1 amide bonds. The number of aromatic nitrogens is 2. The van der Waals surface area contributed by atoms with Gasteiger partial charge in [-0.2, -0.15) is 0 Å². The summed E-state index contributed by atoms with van der Waals surface area (Å²) in [6.45, 7) is -0.128. The Labute approximate surface area is 149 Å². The number of hydrogen-bond acceptors (Lipinski definition) is 5. The molecule has 0 spiro atoms. The van der Waals surface area contributed by atoms with Gasteiger partial charge in [0, 0.05) is 13.6 Å². The molecule has 0 bridgehead atoms. The first-order chi connectivity index (χ1) is 12.5. The molecule has 26 heavy (non-hydrogen) atoms. The standard InChI is InChI=1S/C19H16FN3O3/c1-23(11-13-6-8-14(20)9-7-13)18(24)12-26-19(25)17-10-21-15-4-2-3-5-16(15)22-17/h2-10H,11-12H2,1H3. The van der Waals surface area contributed by atoms with Crippen molar-refractivity contribution in [1.29, 1.82) is 0 Å². The van der Waals surface area contributed by atoms with Crippen LogP contribution in [-0.2, 0) is 16.1 Å². The number of likely N-dealkylation sites (N-methyl/N-ethyl adjacent to an activating group) is 1. The van der Waals surface area contributed by atoms with Gasteiger partial charge in [-0.05, 0) is 29.8 Å². The summed E-state index contributed by atoms with van der Waals surface area (Å²) >= 11 is 0. The van der Waals surface area contributed by atoms with Gasteiger partial charge < -0.3 is 9.64 Å². The molecule has 0 unspecified atom stereocenters. The Morgan fingerprint density at radius 3 is 2.50 bits per heavy atom. The summed E-state index contributed by atoms with van der Waals surface area (Å²) in [4.78, 5) is 33.9. The van der Waals surface area contributed by atoms with E-state index in [0.29, 0.717) is 11.0 Å². The van der Waals surface area contributed by atoms with Gasteiger partial charge in [0.2, 0.25) is 0 Å². The van der Waals surface area contributed by atoms with Crippen LogP contribution in [0.5, 0.6) is 0 Å². The van der Waals surface area contributed by atoms with Gasteiger partial charge in [-0.15, -0.1) is 0 Å². The molecule has 0 radical (unpaired) electrons. The Morgan fingerprint density at radius 2 is 1.77 bits per heavy atom. The van der Waals surface area contributed by atoms with Crippen molar-refractivity contribution in [3.05, 3.63) is 71.8 Å². The van der Waals surface area contributed by atoms with E-state index < -0.39 is 12.6 Å². The fourth-order valence-electron chi connectivity index (χ4n) is 2.32. The van der Waals surface area contributed by atoms with Crippen LogP contribution in [0.15, 0.2) is 54.7 Å². The summed E-state index contributed by atoms with van der Waals surface area (Å²) in [7, 11) is 1.58. The maximum absolute atomic E-state index is 12.9. The summed E-state index contributed by atoms with van der Waals surface area (Å²) < 4.78 is 17.9. The Kier molecular flexibility index (Phi) is 5.17. The minimum atomic E-state index is -0.716. The zero-order valence-electron chi connectivity index (χ0n) is 14.1. The number of hydrogen-bond donors (Lipinski definition) is 0. The predicted octanol–water partition coefficient (Wildman–Crippen LogP) is 2.58. The van der Waals surface area contributed by atoms with Gasteiger partial charge in [0.05, 0.1) is 17.2 Å². The fourth-order valence-corrected chi connectivity index (χ4v) is 2.32. The smallest absolute Gasteiger partial charge is 0.359 e. The number of benzene rings is 2. The number of esters is 1. The maximum atomic E-state index is 12.9. The van der Waals surface area contributed by atoms with Gasteiger partial charge in [0.25, 0.3) is 5.91 Å². The first-order valence-corrected chi connectivity index (χ1v) is 7.90. The SMILES string of the molecule is CN(Cc1ccc(F)cc1)C(=O)COC(=O)c1cnc2ccccc2n1. The fraction of sp³-hybridized carbons (Fsp3) is 0.158. The van der Waals surface area contributed by atoms with Crippen molar-refractivity contribution in [3.63, 3.8) is 0 Å². The third kappa shape index (κ3) is 4.18. The number of rotatable bonds is 5. The molecule has 0 saturated carbocycles. The van der Waals surface area contributed by atoms with Gasteiger partial charge in [0.1, 0.15) is 5.82 Å². The van der Waals surface area contributed by atoms with Crippen molar-refractivity contribution < 1.29 is 18.7 Å². The zero-order valence-corrected chi connectivity index (χ0v) is 14.1. The molecule has 132 valence electrons. The molecule has 0 aliphatic carbocycles. The number of para-hydroxylation sites is 2. The summed E-state index contributed by atoms with van der Waals surface area (Å²) in [5.41, 5.74) is 2.05. The molecule has 3 aromatic rings. The highest BCUT2D eigenvalue weighted by Crippen LogP contribution is 2.10. The Balaban J connectivity index is 1.57. The van der Waals surface area contributed by atoms with Crippen molar-refractivity contribution in [2.75, 3.05) is 13.7 Å². The van der Waals surface area contributed by atoms with Gasteiger partial charge in [-0.3, -0.25) is 9.78 Å². The van der Waals surface area contributed by atoms with Crippen molar-refractivity contribution in [1.82, 2.24) is 14.9 Å². The molecule has 1 aromatic heterocycles. The molecule has 1 heterocycles. The number of carbonyl (C=O) groups excluding carboxylic acids is 2. The molecular formula is C19H16FN3O3. The van der Waals surface area contributed by atoms with Crippen molar-refractivity contribution in [3.8, 4) is 0 Å². The second-order valence-electron chi connectivity index (χ2n) is 5.70. The molecule has 0 atom stereocenters. The van der Waals surface area contributed by atoms with Gasteiger partial charge in [-0.25, -0.2) is 14.2 Å². The molecule has 7 heteroatoms. The lowest BCUT2D eigenvalue weighted by atomic mass is 10.2. The van der Waals surface area contributed by atoms with Crippen LogP contribution in [-0.4, -0.2) is 40.4 Å². The van der Waals surface area contributed by atoms with E-state index in [-0.39, 0.29) is 24.0 Å². The minimum Gasteiger partial charge on any atom is -0.451 e. The molecule has 3 rings (SSSR count). The van der Waals surface area contributed by atoms with Crippen LogP contribution in [0.2, 0.25) is 0 Å². The molecule has 0 fully saturated rings. The molecule has 6 nitrogen and oxygen atoms in total. The molecule has 0 aliphatic heterocycles. The Hall–Kier alpha value is -3.35. The van der Waals surface area contributed by atoms with Crippen molar-refractivity contribution in [2.24, 2.45) is 0 Å². The highest BCUT2D eigenvalue weighted by atomic mass is 19.1. The number of halogens is 1. The second kappa shape index (κ2) is 7.69. The summed E-state index contributed by atoms with van der Waals surface area (Å²) in [6.07, 6.45) is 1.32. The summed E-state index contributed by atoms with van der Waals surface area (Å²) in [6, 6.07) is 13.0.